The predicted molar refractivity (Wildman–Crippen MR) is 77.1 cm³/mol. The molecule has 6 nitrogen and oxygen atoms in total. The lowest BCUT2D eigenvalue weighted by Crippen LogP contribution is -2.15. The van der Waals surface area contributed by atoms with Crippen LogP contribution in [0.3, 0.4) is 0 Å². The molecule has 1 amide bonds. The van der Waals surface area contributed by atoms with Gasteiger partial charge in [0.15, 0.2) is 5.75 Å². The van der Waals surface area contributed by atoms with Crippen molar-refractivity contribution in [2.24, 2.45) is 5.73 Å². The van der Waals surface area contributed by atoms with E-state index in [1.807, 2.05) is 0 Å². The van der Waals surface area contributed by atoms with Gasteiger partial charge < -0.3 is 21.3 Å². The summed E-state index contributed by atoms with van der Waals surface area (Å²) >= 11 is 0. The van der Waals surface area contributed by atoms with Crippen LogP contribution in [0.5, 0.6) is 5.75 Å². The van der Waals surface area contributed by atoms with Gasteiger partial charge in [0.25, 0.3) is 0 Å². The van der Waals surface area contributed by atoms with Gasteiger partial charge in [0.05, 0.1) is 5.69 Å². The number of nitrogens with two attached hydrogens (primary N) is 2. The summed E-state index contributed by atoms with van der Waals surface area (Å²) in [5.41, 5.74) is 12.1. The molecule has 0 aliphatic carbocycles. The normalized spacial score (nSPS) is 10.1. The Morgan fingerprint density at radius 3 is 2.38 bits per heavy atom. The van der Waals surface area contributed by atoms with Gasteiger partial charge in [-0.25, -0.2) is 4.79 Å². The highest BCUT2D eigenvalue weighted by molar-refractivity contribution is 5.94. The molecule has 0 aromatic heterocycles. The average molecular weight is 286 g/mol. The predicted octanol–water partition coefficient (Wildman–Crippen LogP) is 1.64. The molecule has 2 rings (SSSR count). The summed E-state index contributed by atoms with van der Waals surface area (Å²) < 4.78 is 5.49. The molecule has 0 fully saturated rings. The molecule has 0 bridgehead atoms. The van der Waals surface area contributed by atoms with Crippen molar-refractivity contribution >= 4 is 17.6 Å². The van der Waals surface area contributed by atoms with Gasteiger partial charge in [-0.15, -0.1) is 0 Å². The third-order valence-corrected chi connectivity index (χ3v) is 2.93. The number of carboxylic acid groups (broad SMARTS) is 1. The van der Waals surface area contributed by atoms with E-state index in [0.29, 0.717) is 11.1 Å². The maximum atomic E-state index is 11.3. The van der Waals surface area contributed by atoms with Gasteiger partial charge in [-0.1, -0.05) is 24.3 Å². The van der Waals surface area contributed by atoms with Crippen LogP contribution in [0.25, 0.3) is 0 Å². The number of rotatable bonds is 5. The third kappa shape index (κ3) is 3.11. The lowest BCUT2D eigenvalue weighted by atomic mass is 10.1. The summed E-state index contributed by atoms with van der Waals surface area (Å²) in [5.74, 6) is -1.64. The first-order chi connectivity index (χ1) is 10.0. The van der Waals surface area contributed by atoms with Crippen molar-refractivity contribution in [1.82, 2.24) is 0 Å². The molecule has 5 N–H and O–H groups in total. The van der Waals surface area contributed by atoms with Crippen LogP contribution >= 0.6 is 0 Å². The molecule has 0 aliphatic rings. The summed E-state index contributed by atoms with van der Waals surface area (Å²) in [6.07, 6.45) is 0. The van der Waals surface area contributed by atoms with Gasteiger partial charge >= 0.3 is 5.97 Å². The Bertz CT molecular complexity index is 698. The molecule has 0 radical (unpaired) electrons. The Kier molecular flexibility index (Phi) is 4.08. The Labute approximate surface area is 120 Å². The maximum absolute atomic E-state index is 11.3. The fourth-order valence-electron chi connectivity index (χ4n) is 1.92. The van der Waals surface area contributed by atoms with Crippen molar-refractivity contribution < 1.29 is 19.4 Å². The lowest BCUT2D eigenvalue weighted by molar-refractivity contribution is 0.0691. The first-order valence-corrected chi connectivity index (χ1v) is 6.13. The first kappa shape index (κ1) is 14.4. The zero-order chi connectivity index (χ0) is 15.4. The number of aromatic carboxylic acids is 1. The summed E-state index contributed by atoms with van der Waals surface area (Å²) in [7, 11) is 0. The first-order valence-electron chi connectivity index (χ1n) is 6.13. The van der Waals surface area contributed by atoms with Crippen LogP contribution in [0.1, 0.15) is 26.3 Å². The molecular weight excluding hydrogens is 272 g/mol. The second-order valence-corrected chi connectivity index (χ2v) is 4.34. The quantitative estimate of drug-likeness (QED) is 0.723. The molecule has 2 aromatic carbocycles. The molecule has 0 aliphatic heterocycles. The van der Waals surface area contributed by atoms with E-state index in [2.05, 4.69) is 0 Å². The number of nitrogen functional groups attached to an aromatic ring is 1. The molecule has 108 valence electrons. The van der Waals surface area contributed by atoms with Gasteiger partial charge in [-0.05, 0) is 18.2 Å². The van der Waals surface area contributed by atoms with Crippen molar-refractivity contribution in [1.29, 1.82) is 0 Å². The van der Waals surface area contributed by atoms with Crippen LogP contribution in [0.4, 0.5) is 5.69 Å². The van der Waals surface area contributed by atoms with Gasteiger partial charge in [0.2, 0.25) is 5.91 Å². The number of benzene rings is 2. The van der Waals surface area contributed by atoms with Crippen molar-refractivity contribution in [3.63, 3.8) is 0 Å². The number of carbonyl (C=O) groups excluding carboxylic acids is 1. The van der Waals surface area contributed by atoms with E-state index in [9.17, 15) is 9.59 Å². The van der Waals surface area contributed by atoms with Crippen LogP contribution in [0.15, 0.2) is 42.5 Å². The molecular formula is C15H14N2O4. The Balaban J connectivity index is 2.29. The van der Waals surface area contributed by atoms with E-state index >= 15 is 0 Å². The molecule has 2 aromatic rings. The molecule has 0 saturated heterocycles. The van der Waals surface area contributed by atoms with Crippen molar-refractivity contribution in [2.75, 3.05) is 5.73 Å². The molecule has 0 heterocycles. The highest BCUT2D eigenvalue weighted by Gasteiger charge is 2.15. The molecule has 0 saturated carbocycles. The average Bonchev–Trinajstić information content (AvgIpc) is 2.45. The largest absolute Gasteiger partial charge is 0.486 e. The van der Waals surface area contributed by atoms with Crippen molar-refractivity contribution in [3.8, 4) is 5.75 Å². The Morgan fingerprint density at radius 1 is 1.05 bits per heavy atom. The smallest absolute Gasteiger partial charge is 0.339 e. The van der Waals surface area contributed by atoms with E-state index in [1.54, 1.807) is 30.3 Å². The standard InChI is InChI=1S/C15H14N2O4/c16-12-7-3-6-11(15(19)20)13(12)21-8-9-4-1-2-5-10(9)14(17)18/h1-7H,8,16H2,(H2,17,18)(H,19,20). The van der Waals surface area contributed by atoms with Crippen molar-refractivity contribution in [3.05, 3.63) is 59.2 Å². The zero-order valence-corrected chi connectivity index (χ0v) is 11.1. The van der Waals surface area contributed by atoms with Crippen LogP contribution in [-0.2, 0) is 6.61 Å². The molecule has 6 heteroatoms. The fraction of sp³-hybridized carbons (Fsp3) is 0.0667. The minimum absolute atomic E-state index is 0.00634. The minimum atomic E-state index is -1.14. The minimum Gasteiger partial charge on any atom is -0.486 e. The number of primary amides is 1. The Morgan fingerprint density at radius 2 is 1.71 bits per heavy atom. The number of ether oxygens (including phenoxy) is 1. The summed E-state index contributed by atoms with van der Waals surface area (Å²) in [5, 5.41) is 9.12. The van der Waals surface area contributed by atoms with E-state index in [0.717, 1.165) is 0 Å². The second-order valence-electron chi connectivity index (χ2n) is 4.34. The van der Waals surface area contributed by atoms with Crippen LogP contribution in [0.2, 0.25) is 0 Å². The number of hydrogen-bond acceptors (Lipinski definition) is 4. The third-order valence-electron chi connectivity index (χ3n) is 2.93. The highest BCUT2D eigenvalue weighted by atomic mass is 16.5. The number of hydrogen-bond donors (Lipinski definition) is 3. The van der Waals surface area contributed by atoms with E-state index in [1.165, 1.54) is 12.1 Å². The zero-order valence-electron chi connectivity index (χ0n) is 11.1. The SMILES string of the molecule is NC(=O)c1ccccc1COc1c(N)cccc1C(=O)O. The number of carbonyl (C=O) groups is 2. The molecule has 0 atom stereocenters. The highest BCUT2D eigenvalue weighted by Crippen LogP contribution is 2.27. The summed E-state index contributed by atoms with van der Waals surface area (Å²) in [6.45, 7) is -0.00634. The maximum Gasteiger partial charge on any atom is 0.339 e. The van der Waals surface area contributed by atoms with Crippen LogP contribution in [-0.4, -0.2) is 17.0 Å². The second kappa shape index (κ2) is 5.96. The molecule has 21 heavy (non-hydrogen) atoms. The van der Waals surface area contributed by atoms with Gasteiger partial charge in [0, 0.05) is 11.1 Å². The molecule has 0 unspecified atom stereocenters. The summed E-state index contributed by atoms with van der Waals surface area (Å²) in [6, 6.07) is 11.1. The van der Waals surface area contributed by atoms with Crippen LogP contribution < -0.4 is 16.2 Å². The monoisotopic (exact) mass is 286 g/mol. The number of carboxylic acids is 1. The number of anilines is 1. The summed E-state index contributed by atoms with van der Waals surface area (Å²) in [4.78, 5) is 22.5. The van der Waals surface area contributed by atoms with E-state index in [-0.39, 0.29) is 23.6 Å². The van der Waals surface area contributed by atoms with Crippen LogP contribution in [0, 0.1) is 0 Å². The topological polar surface area (TPSA) is 116 Å². The van der Waals surface area contributed by atoms with Crippen molar-refractivity contribution in [2.45, 2.75) is 6.61 Å². The number of para-hydroxylation sites is 1. The van der Waals surface area contributed by atoms with Gasteiger partial charge in [-0.2, -0.15) is 0 Å². The lowest BCUT2D eigenvalue weighted by Gasteiger charge is -2.13. The number of amides is 1. The van der Waals surface area contributed by atoms with Gasteiger partial charge in [0.1, 0.15) is 12.2 Å². The fourth-order valence-corrected chi connectivity index (χ4v) is 1.92. The van der Waals surface area contributed by atoms with E-state index in [4.69, 9.17) is 21.3 Å². The molecule has 0 spiro atoms. The van der Waals surface area contributed by atoms with E-state index < -0.39 is 11.9 Å². The van der Waals surface area contributed by atoms with Gasteiger partial charge in [-0.3, -0.25) is 4.79 Å². The Hall–Kier alpha value is -3.02.